The Morgan fingerprint density at radius 2 is 2.07 bits per heavy atom. The second-order valence-corrected chi connectivity index (χ2v) is 4.25. The first kappa shape index (κ1) is 14.4. The largest absolute Gasteiger partial charge is 0.355 e. The summed E-state index contributed by atoms with van der Waals surface area (Å²) < 4.78 is 0. The van der Waals surface area contributed by atoms with Crippen LogP contribution in [0.15, 0.2) is 0 Å². The van der Waals surface area contributed by atoms with Crippen LogP contribution in [0.4, 0.5) is 0 Å². The molecule has 0 aromatic heterocycles. The molecule has 0 heterocycles. The SMILES string of the molecule is CCCNC(=O)C(C)N(C)CC(C)CN. The van der Waals surface area contributed by atoms with Crippen LogP contribution < -0.4 is 11.1 Å². The molecule has 0 radical (unpaired) electrons. The van der Waals surface area contributed by atoms with Crippen molar-refractivity contribution in [1.82, 2.24) is 10.2 Å². The second-order valence-electron chi connectivity index (χ2n) is 4.25. The van der Waals surface area contributed by atoms with E-state index < -0.39 is 0 Å². The van der Waals surface area contributed by atoms with Crippen molar-refractivity contribution in [2.75, 3.05) is 26.7 Å². The standard InChI is InChI=1S/C11H25N3O/c1-5-6-13-11(15)10(3)14(4)8-9(2)7-12/h9-10H,5-8,12H2,1-4H3,(H,13,15). The molecule has 0 rings (SSSR count). The van der Waals surface area contributed by atoms with E-state index in [2.05, 4.69) is 12.2 Å². The molecule has 0 aliphatic heterocycles. The Morgan fingerprint density at radius 1 is 1.47 bits per heavy atom. The van der Waals surface area contributed by atoms with Gasteiger partial charge in [0.15, 0.2) is 0 Å². The molecule has 0 aromatic carbocycles. The average molecular weight is 215 g/mol. The molecule has 0 fully saturated rings. The number of hydrogen-bond acceptors (Lipinski definition) is 3. The topological polar surface area (TPSA) is 58.4 Å². The molecule has 0 saturated carbocycles. The number of nitrogens with zero attached hydrogens (tertiary/aromatic N) is 1. The van der Waals surface area contributed by atoms with Gasteiger partial charge < -0.3 is 11.1 Å². The molecule has 0 aromatic rings. The summed E-state index contributed by atoms with van der Waals surface area (Å²) in [4.78, 5) is 13.7. The zero-order valence-corrected chi connectivity index (χ0v) is 10.4. The fourth-order valence-electron chi connectivity index (χ4n) is 1.32. The highest BCUT2D eigenvalue weighted by molar-refractivity contribution is 5.81. The van der Waals surface area contributed by atoms with E-state index in [-0.39, 0.29) is 11.9 Å². The summed E-state index contributed by atoms with van der Waals surface area (Å²) >= 11 is 0. The molecule has 0 saturated heterocycles. The van der Waals surface area contributed by atoms with Crippen molar-refractivity contribution in [2.24, 2.45) is 11.7 Å². The lowest BCUT2D eigenvalue weighted by Crippen LogP contribution is -2.45. The smallest absolute Gasteiger partial charge is 0.237 e. The van der Waals surface area contributed by atoms with Gasteiger partial charge in [-0.05, 0) is 32.9 Å². The maximum absolute atomic E-state index is 11.6. The van der Waals surface area contributed by atoms with Crippen molar-refractivity contribution in [3.63, 3.8) is 0 Å². The van der Waals surface area contributed by atoms with Gasteiger partial charge in [0.05, 0.1) is 6.04 Å². The van der Waals surface area contributed by atoms with Crippen LogP contribution in [0.1, 0.15) is 27.2 Å². The normalized spacial score (nSPS) is 15.1. The molecule has 0 spiro atoms. The summed E-state index contributed by atoms with van der Waals surface area (Å²) in [6, 6.07) is -0.0782. The quantitative estimate of drug-likeness (QED) is 0.647. The number of nitrogens with two attached hydrogens (primary N) is 1. The summed E-state index contributed by atoms with van der Waals surface area (Å²) in [6.45, 7) is 8.33. The van der Waals surface area contributed by atoms with Gasteiger partial charge in [0, 0.05) is 13.1 Å². The van der Waals surface area contributed by atoms with E-state index in [4.69, 9.17) is 5.73 Å². The number of nitrogens with one attached hydrogen (secondary N) is 1. The van der Waals surface area contributed by atoms with Crippen LogP contribution in [0.2, 0.25) is 0 Å². The van der Waals surface area contributed by atoms with Gasteiger partial charge in [-0.15, -0.1) is 0 Å². The molecule has 4 nitrogen and oxygen atoms in total. The highest BCUT2D eigenvalue weighted by Gasteiger charge is 2.18. The minimum atomic E-state index is -0.0782. The van der Waals surface area contributed by atoms with Crippen LogP contribution in [-0.2, 0) is 4.79 Å². The molecule has 4 heteroatoms. The first-order valence-electron chi connectivity index (χ1n) is 5.70. The molecule has 2 atom stereocenters. The van der Waals surface area contributed by atoms with Gasteiger partial charge in [0.1, 0.15) is 0 Å². The van der Waals surface area contributed by atoms with E-state index in [1.165, 1.54) is 0 Å². The lowest BCUT2D eigenvalue weighted by atomic mass is 10.1. The number of rotatable bonds is 7. The first-order chi connectivity index (χ1) is 7.02. The molecule has 0 aliphatic carbocycles. The zero-order valence-electron chi connectivity index (χ0n) is 10.4. The zero-order chi connectivity index (χ0) is 11.8. The van der Waals surface area contributed by atoms with E-state index in [0.29, 0.717) is 12.5 Å². The van der Waals surface area contributed by atoms with E-state index in [0.717, 1.165) is 19.5 Å². The molecule has 2 unspecified atom stereocenters. The molecule has 1 amide bonds. The second kappa shape index (κ2) is 7.65. The lowest BCUT2D eigenvalue weighted by molar-refractivity contribution is -0.125. The molecule has 3 N–H and O–H groups in total. The van der Waals surface area contributed by atoms with E-state index in [1.807, 2.05) is 25.8 Å². The van der Waals surface area contributed by atoms with Crippen LogP contribution >= 0.6 is 0 Å². The van der Waals surface area contributed by atoms with Crippen molar-refractivity contribution in [1.29, 1.82) is 0 Å². The van der Waals surface area contributed by atoms with Gasteiger partial charge >= 0.3 is 0 Å². The molecule has 0 aliphatic rings. The van der Waals surface area contributed by atoms with Crippen LogP contribution in [0.25, 0.3) is 0 Å². The van der Waals surface area contributed by atoms with Crippen molar-refractivity contribution in [2.45, 2.75) is 33.2 Å². The number of likely N-dealkylation sites (N-methyl/N-ethyl adjacent to an activating group) is 1. The number of hydrogen-bond donors (Lipinski definition) is 2. The number of carbonyl (C=O) groups is 1. The van der Waals surface area contributed by atoms with Crippen LogP contribution in [0.5, 0.6) is 0 Å². The summed E-state index contributed by atoms with van der Waals surface area (Å²) in [5.74, 6) is 0.528. The maximum Gasteiger partial charge on any atom is 0.237 e. The number of carbonyl (C=O) groups excluding carboxylic acids is 1. The first-order valence-corrected chi connectivity index (χ1v) is 5.70. The Labute approximate surface area is 93.2 Å². The fraction of sp³-hybridized carbons (Fsp3) is 0.909. The number of amides is 1. The monoisotopic (exact) mass is 215 g/mol. The minimum absolute atomic E-state index is 0.0782. The molecular formula is C11H25N3O. The van der Waals surface area contributed by atoms with Gasteiger partial charge in [-0.3, -0.25) is 9.69 Å². The highest BCUT2D eigenvalue weighted by Crippen LogP contribution is 2.01. The minimum Gasteiger partial charge on any atom is -0.355 e. The summed E-state index contributed by atoms with van der Waals surface area (Å²) in [6.07, 6.45) is 0.974. The van der Waals surface area contributed by atoms with Crippen molar-refractivity contribution in [3.8, 4) is 0 Å². The van der Waals surface area contributed by atoms with Gasteiger partial charge in [-0.1, -0.05) is 13.8 Å². The van der Waals surface area contributed by atoms with Gasteiger partial charge in [0.25, 0.3) is 0 Å². The Hall–Kier alpha value is -0.610. The summed E-state index contributed by atoms with van der Waals surface area (Å²) in [5, 5.41) is 2.89. The molecule has 0 bridgehead atoms. The molecule has 90 valence electrons. The van der Waals surface area contributed by atoms with Crippen LogP contribution in [0, 0.1) is 5.92 Å². The third-order valence-electron chi connectivity index (χ3n) is 2.59. The molecule has 15 heavy (non-hydrogen) atoms. The Morgan fingerprint density at radius 3 is 2.53 bits per heavy atom. The fourth-order valence-corrected chi connectivity index (χ4v) is 1.32. The van der Waals surface area contributed by atoms with E-state index in [9.17, 15) is 4.79 Å². The van der Waals surface area contributed by atoms with Gasteiger partial charge in [-0.2, -0.15) is 0 Å². The Bertz CT molecular complexity index is 185. The van der Waals surface area contributed by atoms with Gasteiger partial charge in [0.2, 0.25) is 5.91 Å². The van der Waals surface area contributed by atoms with Crippen LogP contribution in [-0.4, -0.2) is 43.5 Å². The van der Waals surface area contributed by atoms with E-state index in [1.54, 1.807) is 0 Å². The summed E-state index contributed by atoms with van der Waals surface area (Å²) in [7, 11) is 1.96. The third kappa shape index (κ3) is 5.74. The lowest BCUT2D eigenvalue weighted by Gasteiger charge is -2.26. The Kier molecular flexibility index (Phi) is 7.34. The van der Waals surface area contributed by atoms with Crippen molar-refractivity contribution >= 4 is 5.91 Å². The maximum atomic E-state index is 11.6. The van der Waals surface area contributed by atoms with Gasteiger partial charge in [-0.25, -0.2) is 0 Å². The van der Waals surface area contributed by atoms with Crippen LogP contribution in [0.3, 0.4) is 0 Å². The molecular weight excluding hydrogens is 190 g/mol. The summed E-state index contributed by atoms with van der Waals surface area (Å²) in [5.41, 5.74) is 5.55. The third-order valence-corrected chi connectivity index (χ3v) is 2.59. The predicted octanol–water partition coefficient (Wildman–Crippen LogP) is 0.428. The highest BCUT2D eigenvalue weighted by atomic mass is 16.2. The Balaban J connectivity index is 3.95. The van der Waals surface area contributed by atoms with E-state index >= 15 is 0 Å². The van der Waals surface area contributed by atoms with Crippen molar-refractivity contribution in [3.05, 3.63) is 0 Å². The van der Waals surface area contributed by atoms with Crippen molar-refractivity contribution < 1.29 is 4.79 Å². The predicted molar refractivity (Wildman–Crippen MR) is 63.6 cm³/mol. The average Bonchev–Trinajstić information content (AvgIpc) is 2.24.